The predicted molar refractivity (Wildman–Crippen MR) is 143 cm³/mol. The van der Waals surface area contributed by atoms with Crippen molar-refractivity contribution in [2.24, 2.45) is 5.10 Å². The molecular weight excluding hydrogens is 472 g/mol. The zero-order valence-corrected chi connectivity index (χ0v) is 20.7. The minimum absolute atomic E-state index is 0.0866. The third-order valence-corrected chi connectivity index (χ3v) is 6.17. The summed E-state index contributed by atoms with van der Waals surface area (Å²) >= 11 is 0. The van der Waals surface area contributed by atoms with Gasteiger partial charge in [-0.3, -0.25) is 5.43 Å². The van der Waals surface area contributed by atoms with Crippen molar-refractivity contribution in [2.75, 3.05) is 50.3 Å². The second-order valence-electron chi connectivity index (χ2n) is 8.56. The van der Waals surface area contributed by atoms with Crippen molar-refractivity contribution >= 4 is 28.8 Å². The Morgan fingerprint density at radius 3 is 2.86 bits per heavy atom. The lowest BCUT2D eigenvalue weighted by molar-refractivity contribution is 0.122. The number of ether oxygens (including phenoxy) is 3. The maximum absolute atomic E-state index is 9.58. The zero-order valence-electron chi connectivity index (χ0n) is 20.7. The molecule has 192 valence electrons. The standard InChI is InChI=1S/C27H30N6O4/c1-35-24-7-6-19(14-20(24)18-34)8-11-37-27-30-25(15-26(31-27)33-9-12-36-13-10-33)32-29-17-21-16-28-23-5-3-2-4-22(21)23/h2-7,14-17,28,34H,8-13,18H2,1H3,(H,30,31,32)/b29-17+. The second kappa shape index (κ2) is 11.7. The number of fused-ring (bicyclic) bond motifs is 1. The van der Waals surface area contributed by atoms with Crippen LogP contribution in [0.2, 0.25) is 0 Å². The molecule has 10 heteroatoms. The first-order valence-electron chi connectivity index (χ1n) is 12.2. The Morgan fingerprint density at radius 2 is 2.03 bits per heavy atom. The Hall–Kier alpha value is -4.15. The van der Waals surface area contributed by atoms with Crippen LogP contribution >= 0.6 is 0 Å². The number of aliphatic hydroxyl groups is 1. The van der Waals surface area contributed by atoms with E-state index in [0.29, 0.717) is 37.8 Å². The molecule has 0 spiro atoms. The normalized spacial score (nSPS) is 13.8. The van der Waals surface area contributed by atoms with Crippen LogP contribution in [0.1, 0.15) is 16.7 Å². The van der Waals surface area contributed by atoms with E-state index in [1.54, 1.807) is 13.3 Å². The number of aromatic nitrogens is 3. The van der Waals surface area contributed by atoms with Crippen molar-refractivity contribution in [3.63, 3.8) is 0 Å². The molecule has 0 bridgehead atoms. The Morgan fingerprint density at radius 1 is 1.16 bits per heavy atom. The molecule has 1 aliphatic heterocycles. The number of nitrogens with one attached hydrogen (secondary N) is 2. The van der Waals surface area contributed by atoms with Crippen LogP contribution < -0.4 is 19.8 Å². The fraction of sp³-hybridized carbons (Fsp3) is 0.296. The first kappa shape index (κ1) is 24.5. The van der Waals surface area contributed by atoms with E-state index in [-0.39, 0.29) is 12.6 Å². The number of aromatic amines is 1. The summed E-state index contributed by atoms with van der Waals surface area (Å²) in [6, 6.07) is 15.9. The van der Waals surface area contributed by atoms with Gasteiger partial charge >= 0.3 is 6.01 Å². The van der Waals surface area contributed by atoms with E-state index in [9.17, 15) is 5.11 Å². The van der Waals surface area contributed by atoms with Gasteiger partial charge in [0, 0.05) is 53.8 Å². The summed E-state index contributed by atoms with van der Waals surface area (Å²) in [5, 5.41) is 15.1. The first-order valence-corrected chi connectivity index (χ1v) is 12.2. The molecule has 10 nitrogen and oxygen atoms in total. The molecule has 0 amide bonds. The molecule has 1 fully saturated rings. The van der Waals surface area contributed by atoms with Crippen molar-refractivity contribution in [1.29, 1.82) is 0 Å². The van der Waals surface area contributed by atoms with Gasteiger partial charge in [0.05, 0.1) is 39.8 Å². The van der Waals surface area contributed by atoms with Crippen LogP contribution in [-0.4, -0.2) is 66.3 Å². The second-order valence-corrected chi connectivity index (χ2v) is 8.56. The van der Waals surface area contributed by atoms with E-state index in [1.807, 2.05) is 54.7 Å². The molecule has 4 aromatic rings. The molecule has 37 heavy (non-hydrogen) atoms. The first-order chi connectivity index (χ1) is 18.2. The average molecular weight is 503 g/mol. The highest BCUT2D eigenvalue weighted by molar-refractivity contribution is 5.99. The number of morpholine rings is 1. The van der Waals surface area contributed by atoms with Gasteiger partial charge in [0.2, 0.25) is 0 Å². The highest BCUT2D eigenvalue weighted by Crippen LogP contribution is 2.23. The maximum atomic E-state index is 9.58. The number of nitrogens with zero attached hydrogens (tertiary/aromatic N) is 4. The van der Waals surface area contributed by atoms with Gasteiger partial charge in [-0.1, -0.05) is 24.3 Å². The largest absolute Gasteiger partial charge is 0.496 e. The lowest BCUT2D eigenvalue weighted by atomic mass is 10.1. The lowest BCUT2D eigenvalue weighted by Gasteiger charge is -2.28. The Balaban J connectivity index is 1.30. The monoisotopic (exact) mass is 502 g/mol. The van der Waals surface area contributed by atoms with Gasteiger partial charge in [0.25, 0.3) is 0 Å². The zero-order chi connectivity index (χ0) is 25.5. The molecule has 5 rings (SSSR count). The van der Waals surface area contributed by atoms with Crippen LogP contribution in [0.15, 0.2) is 59.8 Å². The molecule has 0 unspecified atom stereocenters. The summed E-state index contributed by atoms with van der Waals surface area (Å²) in [6.45, 7) is 3.06. The number of rotatable bonds is 10. The van der Waals surface area contributed by atoms with Crippen LogP contribution in [0.25, 0.3) is 10.9 Å². The van der Waals surface area contributed by atoms with Crippen LogP contribution in [0, 0.1) is 0 Å². The van der Waals surface area contributed by atoms with Crippen LogP contribution in [-0.2, 0) is 17.8 Å². The van der Waals surface area contributed by atoms with E-state index in [1.165, 1.54) is 0 Å². The van der Waals surface area contributed by atoms with Crippen molar-refractivity contribution in [1.82, 2.24) is 15.0 Å². The number of methoxy groups -OCH3 is 1. The molecule has 0 saturated carbocycles. The predicted octanol–water partition coefficient (Wildman–Crippen LogP) is 3.36. The van der Waals surface area contributed by atoms with Crippen molar-refractivity contribution < 1.29 is 19.3 Å². The molecule has 0 radical (unpaired) electrons. The molecule has 2 aromatic heterocycles. The van der Waals surface area contributed by atoms with Crippen molar-refractivity contribution in [3.8, 4) is 11.8 Å². The SMILES string of the molecule is COc1ccc(CCOc2nc(N/N=C/c3c[nH]c4ccccc34)cc(N3CCOCC3)n2)cc1CO. The topological polar surface area (TPSA) is 117 Å². The number of hydrazone groups is 1. The number of hydrogen-bond acceptors (Lipinski definition) is 9. The van der Waals surface area contributed by atoms with Gasteiger partial charge in [0.1, 0.15) is 11.6 Å². The van der Waals surface area contributed by atoms with E-state index >= 15 is 0 Å². The number of H-pyrrole nitrogens is 1. The molecule has 1 saturated heterocycles. The van der Waals surface area contributed by atoms with Crippen LogP contribution in [0.5, 0.6) is 11.8 Å². The summed E-state index contributed by atoms with van der Waals surface area (Å²) < 4.78 is 16.7. The van der Waals surface area contributed by atoms with Gasteiger partial charge < -0.3 is 29.2 Å². The van der Waals surface area contributed by atoms with Gasteiger partial charge in [-0.15, -0.1) is 0 Å². The average Bonchev–Trinajstić information content (AvgIpc) is 3.36. The molecule has 3 heterocycles. The number of hydrogen-bond donors (Lipinski definition) is 3. The van der Waals surface area contributed by atoms with E-state index in [0.717, 1.165) is 46.5 Å². The number of benzene rings is 2. The van der Waals surface area contributed by atoms with Gasteiger partial charge in [-0.05, 0) is 23.8 Å². The van der Waals surface area contributed by atoms with Gasteiger partial charge in [-0.25, -0.2) is 0 Å². The number of anilines is 2. The minimum Gasteiger partial charge on any atom is -0.496 e. The Kier molecular flexibility index (Phi) is 7.78. The van der Waals surface area contributed by atoms with Crippen LogP contribution in [0.3, 0.4) is 0 Å². The molecule has 2 aromatic carbocycles. The van der Waals surface area contributed by atoms with Crippen LogP contribution in [0.4, 0.5) is 11.6 Å². The Labute approximate surface area is 214 Å². The summed E-state index contributed by atoms with van der Waals surface area (Å²) in [5.41, 5.74) is 6.82. The lowest BCUT2D eigenvalue weighted by Crippen LogP contribution is -2.36. The Bertz CT molecular complexity index is 1370. The molecule has 0 atom stereocenters. The van der Waals surface area contributed by atoms with E-state index < -0.39 is 0 Å². The highest BCUT2D eigenvalue weighted by atomic mass is 16.5. The smallest absolute Gasteiger partial charge is 0.320 e. The summed E-state index contributed by atoms with van der Waals surface area (Å²) in [5.74, 6) is 1.96. The van der Waals surface area contributed by atoms with Gasteiger partial charge in [-0.2, -0.15) is 15.1 Å². The number of para-hydroxylation sites is 1. The summed E-state index contributed by atoms with van der Waals surface area (Å²) in [4.78, 5) is 14.5. The molecule has 1 aliphatic rings. The summed E-state index contributed by atoms with van der Waals surface area (Å²) in [7, 11) is 1.59. The van der Waals surface area contributed by atoms with Crippen molar-refractivity contribution in [3.05, 3.63) is 71.4 Å². The highest BCUT2D eigenvalue weighted by Gasteiger charge is 2.16. The third kappa shape index (κ3) is 5.99. The fourth-order valence-corrected chi connectivity index (χ4v) is 4.23. The van der Waals surface area contributed by atoms with E-state index in [4.69, 9.17) is 14.2 Å². The van der Waals surface area contributed by atoms with Crippen molar-refractivity contribution in [2.45, 2.75) is 13.0 Å². The molecule has 0 aliphatic carbocycles. The summed E-state index contributed by atoms with van der Waals surface area (Å²) in [6.07, 6.45) is 4.31. The molecular formula is C27H30N6O4. The quantitative estimate of drug-likeness (QED) is 0.223. The molecule has 3 N–H and O–H groups in total. The number of aliphatic hydroxyl groups excluding tert-OH is 1. The minimum atomic E-state index is -0.0866. The maximum Gasteiger partial charge on any atom is 0.320 e. The van der Waals surface area contributed by atoms with E-state index in [2.05, 4.69) is 30.4 Å². The van der Waals surface area contributed by atoms with Gasteiger partial charge in [0.15, 0.2) is 5.82 Å². The third-order valence-electron chi connectivity index (χ3n) is 6.17. The fourth-order valence-electron chi connectivity index (χ4n) is 4.23.